The normalized spacial score (nSPS) is 17.5. The molecule has 6 nitrogen and oxygen atoms in total. The Morgan fingerprint density at radius 3 is 2.55 bits per heavy atom. The van der Waals surface area contributed by atoms with Gasteiger partial charge in [-0.2, -0.15) is 13.2 Å². The molecular weight excluding hydrogens is 545 g/mol. The number of hydrogen-bond donors (Lipinski definition) is 4. The molecule has 1 aliphatic rings. The molecule has 1 aliphatic carbocycles. The smallest absolute Gasteiger partial charge is 0.418 e. The number of methoxy groups -OCH3 is 1. The second kappa shape index (κ2) is 11.7. The largest absolute Gasteiger partial charge is 0.495 e. The number of H-pyrrole nitrogens is 1. The van der Waals surface area contributed by atoms with Crippen LogP contribution in [0.5, 0.6) is 11.5 Å². The molecule has 0 radical (unpaired) electrons. The van der Waals surface area contributed by atoms with E-state index in [-0.39, 0.29) is 24.6 Å². The molecule has 0 saturated heterocycles. The van der Waals surface area contributed by atoms with Crippen molar-refractivity contribution in [3.05, 3.63) is 94.2 Å². The van der Waals surface area contributed by atoms with Crippen LogP contribution in [0.15, 0.2) is 60.7 Å². The Kier molecular flexibility index (Phi) is 8.24. The first-order chi connectivity index (χ1) is 20.0. The monoisotopic (exact) mass is 578 g/mol. The lowest BCUT2D eigenvalue weighted by Gasteiger charge is -2.39. The second-order valence-corrected chi connectivity index (χ2v) is 10.8. The molecule has 42 heavy (non-hydrogen) atoms. The standard InChI is InChI=1S/C33H33F3N2O4/c1-20(2)42-29-14-12-21(11-13-22-7-4-5-10-28(22)41-3)17-24(29)31(40)38-32(19-39)16-15-27-25(18-32)23-8-6-9-26(30(23)37-27)33(34,35)36/h4-10,12,14,17,20,31,37-40H,15-16,18-19H2,1-3H3. The Balaban J connectivity index is 1.47. The van der Waals surface area contributed by atoms with E-state index in [9.17, 15) is 23.4 Å². The van der Waals surface area contributed by atoms with E-state index in [2.05, 4.69) is 22.1 Å². The van der Waals surface area contributed by atoms with Gasteiger partial charge in [-0.25, -0.2) is 0 Å². The van der Waals surface area contributed by atoms with E-state index < -0.39 is 23.5 Å². The molecular formula is C33H33F3N2O4. The fourth-order valence-corrected chi connectivity index (χ4v) is 5.53. The number of aliphatic hydroxyl groups is 2. The first kappa shape index (κ1) is 29.5. The number of benzene rings is 3. The van der Waals surface area contributed by atoms with E-state index in [4.69, 9.17) is 9.47 Å². The highest BCUT2D eigenvalue weighted by molar-refractivity contribution is 5.88. The van der Waals surface area contributed by atoms with E-state index in [0.29, 0.717) is 57.7 Å². The van der Waals surface area contributed by atoms with E-state index in [1.807, 2.05) is 38.1 Å². The van der Waals surface area contributed by atoms with Crippen LogP contribution in [0.3, 0.4) is 0 Å². The third-order valence-electron chi connectivity index (χ3n) is 7.56. The summed E-state index contributed by atoms with van der Waals surface area (Å²) in [4.78, 5) is 2.98. The maximum Gasteiger partial charge on any atom is 0.418 e. The topological polar surface area (TPSA) is 86.7 Å². The zero-order valence-electron chi connectivity index (χ0n) is 23.6. The van der Waals surface area contributed by atoms with Gasteiger partial charge in [-0.3, -0.25) is 5.32 Å². The number of aromatic amines is 1. The minimum absolute atomic E-state index is 0.0400. The molecule has 4 aromatic rings. The minimum Gasteiger partial charge on any atom is -0.495 e. The Labute approximate surface area is 242 Å². The zero-order valence-corrected chi connectivity index (χ0v) is 23.6. The van der Waals surface area contributed by atoms with Crippen LogP contribution in [0.4, 0.5) is 13.2 Å². The number of nitrogens with one attached hydrogen (secondary N) is 2. The van der Waals surface area contributed by atoms with Gasteiger partial charge >= 0.3 is 6.18 Å². The molecule has 0 aliphatic heterocycles. The zero-order chi connectivity index (χ0) is 30.1. The van der Waals surface area contributed by atoms with Crippen molar-refractivity contribution < 1.29 is 32.9 Å². The number of aromatic nitrogens is 1. The molecule has 1 heterocycles. The molecule has 0 saturated carbocycles. The van der Waals surface area contributed by atoms with Crippen molar-refractivity contribution in [3.63, 3.8) is 0 Å². The van der Waals surface area contributed by atoms with Gasteiger partial charge in [0.05, 0.1) is 36.5 Å². The maximum atomic E-state index is 13.7. The first-order valence-corrected chi connectivity index (χ1v) is 13.8. The summed E-state index contributed by atoms with van der Waals surface area (Å²) in [7, 11) is 1.58. The molecule has 0 spiro atoms. The maximum absolute atomic E-state index is 13.7. The van der Waals surface area contributed by atoms with Crippen LogP contribution in [0.25, 0.3) is 10.9 Å². The highest BCUT2D eigenvalue weighted by Gasteiger charge is 2.40. The van der Waals surface area contributed by atoms with Crippen molar-refractivity contribution in [2.45, 2.75) is 57.2 Å². The number of rotatable bonds is 7. The number of para-hydroxylation sites is 2. The van der Waals surface area contributed by atoms with Crippen LogP contribution in [0.1, 0.15) is 60.0 Å². The highest BCUT2D eigenvalue weighted by atomic mass is 19.4. The summed E-state index contributed by atoms with van der Waals surface area (Å²) in [5.41, 5.74) is 1.53. The third-order valence-corrected chi connectivity index (χ3v) is 7.56. The lowest BCUT2D eigenvalue weighted by molar-refractivity contribution is -0.136. The van der Waals surface area contributed by atoms with Crippen LogP contribution in [-0.4, -0.2) is 40.6 Å². The van der Waals surface area contributed by atoms with Gasteiger partial charge in [-0.15, -0.1) is 0 Å². The third kappa shape index (κ3) is 5.97. The summed E-state index contributed by atoms with van der Waals surface area (Å²) < 4.78 is 52.4. The van der Waals surface area contributed by atoms with Crippen LogP contribution in [0.2, 0.25) is 0 Å². The molecule has 0 fully saturated rings. The molecule has 220 valence electrons. The summed E-state index contributed by atoms with van der Waals surface area (Å²) in [6.45, 7) is 3.43. The predicted molar refractivity (Wildman–Crippen MR) is 154 cm³/mol. The van der Waals surface area contributed by atoms with Crippen LogP contribution in [-0.2, 0) is 19.0 Å². The van der Waals surface area contributed by atoms with E-state index in [1.54, 1.807) is 31.4 Å². The molecule has 1 aromatic heterocycles. The lowest BCUT2D eigenvalue weighted by Crippen LogP contribution is -2.53. The SMILES string of the molecule is COc1ccccc1C#Cc1ccc(OC(C)C)c(C(O)NC2(CO)CCc3[nH]c4c(C(F)(F)F)cccc4c3C2)c1. The minimum atomic E-state index is -4.50. The Morgan fingerprint density at radius 1 is 1.05 bits per heavy atom. The first-order valence-electron chi connectivity index (χ1n) is 13.8. The molecule has 5 rings (SSSR count). The van der Waals surface area contributed by atoms with Crippen molar-refractivity contribution >= 4 is 10.9 Å². The Hall–Kier alpha value is -3.97. The van der Waals surface area contributed by atoms with E-state index >= 15 is 0 Å². The van der Waals surface area contributed by atoms with Crippen LogP contribution >= 0.6 is 0 Å². The number of fused-ring (bicyclic) bond motifs is 3. The van der Waals surface area contributed by atoms with Crippen molar-refractivity contribution in [2.75, 3.05) is 13.7 Å². The second-order valence-electron chi connectivity index (χ2n) is 10.8. The summed E-state index contributed by atoms with van der Waals surface area (Å²) in [5, 5.41) is 25.7. The van der Waals surface area contributed by atoms with Gasteiger partial charge in [0.1, 0.15) is 17.7 Å². The molecule has 2 unspecified atom stereocenters. The summed E-state index contributed by atoms with van der Waals surface area (Å²) in [6, 6.07) is 16.8. The number of aliphatic hydroxyl groups excluding tert-OH is 2. The van der Waals surface area contributed by atoms with Crippen molar-refractivity contribution in [3.8, 4) is 23.3 Å². The number of halogens is 3. The van der Waals surface area contributed by atoms with Crippen molar-refractivity contribution in [1.82, 2.24) is 10.3 Å². The quantitative estimate of drug-likeness (QED) is 0.163. The number of alkyl halides is 3. The molecule has 9 heteroatoms. The average Bonchev–Trinajstić information content (AvgIpc) is 3.33. The van der Waals surface area contributed by atoms with Gasteiger partial charge in [0.25, 0.3) is 0 Å². The Morgan fingerprint density at radius 2 is 1.83 bits per heavy atom. The molecule has 0 bridgehead atoms. The van der Waals surface area contributed by atoms with Crippen LogP contribution in [0, 0.1) is 11.8 Å². The van der Waals surface area contributed by atoms with Gasteiger partial charge in [0.15, 0.2) is 0 Å². The average molecular weight is 579 g/mol. The Bertz CT molecular complexity index is 1650. The van der Waals surface area contributed by atoms with Crippen molar-refractivity contribution in [2.24, 2.45) is 0 Å². The molecule has 4 N–H and O–H groups in total. The number of ether oxygens (including phenoxy) is 2. The van der Waals surface area contributed by atoms with Crippen molar-refractivity contribution in [1.29, 1.82) is 0 Å². The summed E-state index contributed by atoms with van der Waals surface area (Å²) in [6.07, 6.45) is -4.89. The summed E-state index contributed by atoms with van der Waals surface area (Å²) >= 11 is 0. The van der Waals surface area contributed by atoms with Gasteiger partial charge < -0.3 is 24.7 Å². The molecule has 2 atom stereocenters. The van der Waals surface area contributed by atoms with Crippen LogP contribution < -0.4 is 14.8 Å². The van der Waals surface area contributed by atoms with E-state index in [0.717, 1.165) is 6.07 Å². The van der Waals surface area contributed by atoms with E-state index in [1.165, 1.54) is 6.07 Å². The lowest BCUT2D eigenvalue weighted by atomic mass is 9.79. The van der Waals surface area contributed by atoms with Gasteiger partial charge in [-0.1, -0.05) is 36.1 Å². The highest BCUT2D eigenvalue weighted by Crippen LogP contribution is 2.40. The number of aryl methyl sites for hydroxylation is 1. The van der Waals surface area contributed by atoms with Gasteiger partial charge in [-0.05, 0) is 75.1 Å². The van der Waals surface area contributed by atoms with Gasteiger partial charge in [0.2, 0.25) is 0 Å². The number of hydrogen-bond acceptors (Lipinski definition) is 5. The van der Waals surface area contributed by atoms with Gasteiger partial charge in [0, 0.05) is 27.7 Å². The summed E-state index contributed by atoms with van der Waals surface area (Å²) in [5.74, 6) is 7.33. The fourth-order valence-electron chi connectivity index (χ4n) is 5.53. The molecule has 3 aromatic carbocycles. The fraction of sp³-hybridized carbons (Fsp3) is 0.333. The molecule has 0 amide bonds. The predicted octanol–water partition coefficient (Wildman–Crippen LogP) is 5.88.